The van der Waals surface area contributed by atoms with Gasteiger partial charge in [-0.2, -0.15) is 18.2 Å². The van der Waals surface area contributed by atoms with Gasteiger partial charge in [-0.25, -0.2) is 0 Å². The van der Waals surface area contributed by atoms with Crippen molar-refractivity contribution in [3.05, 3.63) is 89.2 Å². The van der Waals surface area contributed by atoms with Crippen LogP contribution in [-0.2, 0) is 17.5 Å². The number of nitrogens with zero attached hydrogens (tertiary/aromatic N) is 4. The van der Waals surface area contributed by atoms with E-state index in [1.54, 1.807) is 36.7 Å². The Morgan fingerprint density at radius 1 is 1.05 bits per heavy atom. The number of carbonyl (C=O) groups is 1. The normalized spacial score (nSPS) is 13.7. The molecule has 1 aliphatic heterocycles. The van der Waals surface area contributed by atoms with E-state index < -0.39 is 16.8 Å². The van der Waals surface area contributed by atoms with E-state index in [4.69, 9.17) is 20.8 Å². The number of likely N-dealkylation sites (tertiary alicyclic amines) is 1. The van der Waals surface area contributed by atoms with Crippen LogP contribution in [0.25, 0.3) is 31.9 Å². The average Bonchev–Trinajstić information content (AvgIpc) is 3.72. The van der Waals surface area contributed by atoms with Crippen LogP contribution < -0.4 is 10.1 Å². The molecule has 1 saturated heterocycles. The second-order valence-corrected chi connectivity index (χ2v) is 11.6. The van der Waals surface area contributed by atoms with E-state index in [1.807, 2.05) is 23.1 Å². The van der Waals surface area contributed by atoms with Gasteiger partial charge in [0.1, 0.15) is 17.0 Å². The number of fused-ring (bicyclic) bond motifs is 2. The Hall–Kier alpha value is -4.68. The van der Waals surface area contributed by atoms with E-state index in [1.165, 1.54) is 17.4 Å². The summed E-state index contributed by atoms with van der Waals surface area (Å²) in [6, 6.07) is 16.2. The predicted octanol–water partition coefficient (Wildman–Crippen LogP) is 8.83. The van der Waals surface area contributed by atoms with Gasteiger partial charge < -0.3 is 19.4 Å². The second-order valence-electron chi connectivity index (χ2n) is 10.2. The molecule has 6 aromatic rings. The van der Waals surface area contributed by atoms with Crippen molar-refractivity contribution >= 4 is 61.9 Å². The summed E-state index contributed by atoms with van der Waals surface area (Å²) in [5, 5.41) is 2.36. The lowest BCUT2D eigenvalue weighted by molar-refractivity contribution is -0.137. The third kappa shape index (κ3) is 5.65. The van der Waals surface area contributed by atoms with Gasteiger partial charge >= 0.3 is 6.18 Å². The molecular weight excluding hydrogens is 615 g/mol. The lowest BCUT2D eigenvalue weighted by Crippen LogP contribution is -2.23. The number of thiophene rings is 1. The number of alkyl halides is 3. The van der Waals surface area contributed by atoms with Gasteiger partial charge in [0.2, 0.25) is 5.91 Å². The van der Waals surface area contributed by atoms with Gasteiger partial charge in [0.15, 0.2) is 5.58 Å². The van der Waals surface area contributed by atoms with E-state index in [0.717, 1.165) is 51.4 Å². The number of ether oxygens (including phenoxy) is 1. The first-order valence-electron chi connectivity index (χ1n) is 13.5. The van der Waals surface area contributed by atoms with Gasteiger partial charge in [-0.3, -0.25) is 14.8 Å². The van der Waals surface area contributed by atoms with Crippen molar-refractivity contribution in [3.63, 3.8) is 0 Å². The molecule has 13 heteroatoms. The molecule has 1 amide bonds. The molecule has 1 aliphatic rings. The van der Waals surface area contributed by atoms with Gasteiger partial charge in [0.05, 0.1) is 31.4 Å². The Balaban J connectivity index is 1.10. The van der Waals surface area contributed by atoms with Gasteiger partial charge in [0, 0.05) is 49.7 Å². The van der Waals surface area contributed by atoms with Gasteiger partial charge in [-0.15, -0.1) is 11.3 Å². The number of benzene rings is 2. The van der Waals surface area contributed by atoms with E-state index in [9.17, 15) is 18.0 Å². The zero-order valence-electron chi connectivity index (χ0n) is 22.7. The number of anilines is 2. The average molecular weight is 636 g/mol. The number of pyridine rings is 2. The lowest BCUT2D eigenvalue weighted by atomic mass is 10.2. The van der Waals surface area contributed by atoms with Crippen molar-refractivity contribution in [2.75, 3.05) is 11.9 Å². The van der Waals surface area contributed by atoms with E-state index in [0.29, 0.717) is 35.6 Å². The molecule has 44 heavy (non-hydrogen) atoms. The minimum atomic E-state index is -4.60. The quantitative estimate of drug-likeness (QED) is 0.187. The van der Waals surface area contributed by atoms with Crippen molar-refractivity contribution in [2.24, 2.45) is 0 Å². The molecule has 4 aromatic heterocycles. The summed E-state index contributed by atoms with van der Waals surface area (Å²) in [7, 11) is 0. The van der Waals surface area contributed by atoms with Crippen LogP contribution in [0.5, 0.6) is 11.5 Å². The first kappa shape index (κ1) is 28.1. The Kier molecular flexibility index (Phi) is 7.10. The fourth-order valence-electron chi connectivity index (χ4n) is 4.97. The molecule has 0 spiro atoms. The zero-order chi connectivity index (χ0) is 30.4. The molecule has 222 valence electrons. The van der Waals surface area contributed by atoms with Crippen molar-refractivity contribution < 1.29 is 27.1 Å². The van der Waals surface area contributed by atoms with Crippen molar-refractivity contribution in [1.29, 1.82) is 0 Å². The molecule has 8 nitrogen and oxygen atoms in total. The number of nitrogens with one attached hydrogen (secondary N) is 1. The number of aromatic nitrogens is 3. The summed E-state index contributed by atoms with van der Waals surface area (Å²) in [6.07, 6.45) is 0.369. The largest absolute Gasteiger partial charge is 0.456 e. The van der Waals surface area contributed by atoms with E-state index >= 15 is 0 Å². The van der Waals surface area contributed by atoms with Crippen LogP contribution in [0.2, 0.25) is 5.02 Å². The summed E-state index contributed by atoms with van der Waals surface area (Å²) >= 11 is 7.22. The zero-order valence-corrected chi connectivity index (χ0v) is 24.3. The lowest BCUT2D eigenvalue weighted by Gasteiger charge is -2.15. The third-order valence-electron chi connectivity index (χ3n) is 7.11. The molecule has 0 saturated carbocycles. The van der Waals surface area contributed by atoms with Gasteiger partial charge in [0.25, 0.3) is 6.01 Å². The predicted molar refractivity (Wildman–Crippen MR) is 161 cm³/mol. The summed E-state index contributed by atoms with van der Waals surface area (Å²) in [5.74, 6) is 1.26. The van der Waals surface area contributed by atoms with Crippen LogP contribution in [-0.4, -0.2) is 32.3 Å². The second kappa shape index (κ2) is 11.1. The monoisotopic (exact) mass is 635 g/mol. The smallest absolute Gasteiger partial charge is 0.417 e. The third-order valence-corrected chi connectivity index (χ3v) is 8.60. The van der Waals surface area contributed by atoms with E-state index in [-0.39, 0.29) is 17.6 Å². The Labute approximate surface area is 257 Å². The minimum absolute atomic E-state index is 0.0207. The van der Waals surface area contributed by atoms with Gasteiger partial charge in [-0.1, -0.05) is 17.7 Å². The molecule has 0 bridgehead atoms. The Bertz CT molecular complexity index is 2030. The van der Waals surface area contributed by atoms with Crippen LogP contribution in [0.4, 0.5) is 24.9 Å². The summed E-state index contributed by atoms with van der Waals surface area (Å²) < 4.78 is 52.5. The fourth-order valence-corrected chi connectivity index (χ4v) is 6.24. The minimum Gasteiger partial charge on any atom is -0.456 e. The fraction of sp³-hybridized carbons (Fsp3) is 0.161. The maximum Gasteiger partial charge on any atom is 0.417 e. The molecule has 0 radical (unpaired) electrons. The number of amides is 1. The number of oxazole rings is 1. The van der Waals surface area contributed by atoms with Crippen LogP contribution in [0.1, 0.15) is 24.0 Å². The molecule has 5 heterocycles. The molecule has 0 unspecified atom stereocenters. The van der Waals surface area contributed by atoms with Crippen LogP contribution in [0, 0.1) is 0 Å². The standard InChI is InChI=1S/C31H21ClF3N5O3S/c32-21-6-4-18(12-20(21)31(33,34)35)38-30-39-23-13-19(5-8-25(23)43-30)42-26-9-10-36-24-14-27(44-29(24)26)22-7-3-17(15-37-22)16-40-11-1-2-28(40)41/h3-10,12-15H,1-2,11,16H2,(H,38,39). The maximum atomic E-state index is 13.2. The number of rotatable bonds is 7. The van der Waals surface area contributed by atoms with Crippen LogP contribution in [0.15, 0.2) is 77.5 Å². The number of hydrogen-bond donors (Lipinski definition) is 1. The topological polar surface area (TPSA) is 93.4 Å². The maximum absolute atomic E-state index is 13.2. The van der Waals surface area contributed by atoms with Crippen molar-refractivity contribution in [2.45, 2.75) is 25.6 Å². The number of hydrogen-bond acceptors (Lipinski definition) is 8. The number of carbonyl (C=O) groups excluding carboxylic acids is 1. The Morgan fingerprint density at radius 2 is 1.93 bits per heavy atom. The molecule has 2 aromatic carbocycles. The summed E-state index contributed by atoms with van der Waals surface area (Å²) in [4.78, 5) is 28.2. The number of halogens is 4. The SMILES string of the molecule is O=C1CCCN1Cc1ccc(-c2cc3nccc(Oc4ccc5oc(Nc6ccc(Cl)c(C(F)(F)F)c6)nc5c4)c3s2)nc1. The molecule has 0 aliphatic carbocycles. The molecule has 1 fully saturated rings. The van der Waals surface area contributed by atoms with Crippen molar-refractivity contribution in [1.82, 2.24) is 19.9 Å². The molecule has 0 atom stereocenters. The highest BCUT2D eigenvalue weighted by Crippen LogP contribution is 2.40. The highest BCUT2D eigenvalue weighted by atomic mass is 35.5. The summed E-state index contributed by atoms with van der Waals surface area (Å²) in [6.45, 7) is 1.34. The highest BCUT2D eigenvalue weighted by molar-refractivity contribution is 7.22. The molecular formula is C31H21ClF3N5O3S. The van der Waals surface area contributed by atoms with Crippen LogP contribution >= 0.6 is 22.9 Å². The highest BCUT2D eigenvalue weighted by Gasteiger charge is 2.33. The van der Waals surface area contributed by atoms with E-state index in [2.05, 4.69) is 20.3 Å². The van der Waals surface area contributed by atoms with Crippen molar-refractivity contribution in [3.8, 4) is 22.1 Å². The van der Waals surface area contributed by atoms with Gasteiger partial charge in [-0.05, 0) is 54.4 Å². The first-order chi connectivity index (χ1) is 21.2. The Morgan fingerprint density at radius 3 is 2.70 bits per heavy atom. The summed E-state index contributed by atoms with van der Waals surface area (Å²) in [5.41, 5.74) is 2.57. The first-order valence-corrected chi connectivity index (χ1v) is 14.7. The molecule has 1 N–H and O–H groups in total. The van der Waals surface area contributed by atoms with Crippen LogP contribution in [0.3, 0.4) is 0 Å². The molecule has 7 rings (SSSR count).